The highest BCUT2D eigenvalue weighted by molar-refractivity contribution is 5.87. The van der Waals surface area contributed by atoms with E-state index in [1.165, 1.54) is 21.3 Å². The molecule has 4 atom stereocenters. The molecule has 36 heavy (non-hydrogen) atoms. The summed E-state index contributed by atoms with van der Waals surface area (Å²) in [4.78, 5) is 40.9. The summed E-state index contributed by atoms with van der Waals surface area (Å²) in [7, 11) is 5.65. The lowest BCUT2D eigenvalue weighted by Gasteiger charge is -2.68. The minimum atomic E-state index is -2.33. The number of hydrogen-bond donors (Lipinski definition) is 1. The van der Waals surface area contributed by atoms with Gasteiger partial charge in [-0.3, -0.25) is 24.5 Å². The van der Waals surface area contributed by atoms with Gasteiger partial charge >= 0.3 is 11.9 Å². The van der Waals surface area contributed by atoms with Gasteiger partial charge in [0, 0.05) is 32.6 Å². The van der Waals surface area contributed by atoms with Crippen LogP contribution in [-0.2, 0) is 23.8 Å². The Morgan fingerprint density at radius 1 is 0.944 bits per heavy atom. The van der Waals surface area contributed by atoms with Crippen LogP contribution in [0.3, 0.4) is 0 Å². The van der Waals surface area contributed by atoms with Crippen molar-refractivity contribution in [2.75, 3.05) is 48.0 Å². The first kappa shape index (κ1) is 26.2. The van der Waals surface area contributed by atoms with Gasteiger partial charge in [0.05, 0.1) is 37.7 Å². The van der Waals surface area contributed by atoms with Crippen LogP contribution in [0.4, 0.5) is 0 Å². The van der Waals surface area contributed by atoms with Crippen molar-refractivity contribution >= 4 is 11.9 Å². The third kappa shape index (κ3) is 3.39. The van der Waals surface area contributed by atoms with Gasteiger partial charge in [0.25, 0.3) is 0 Å². The second kappa shape index (κ2) is 9.85. The summed E-state index contributed by atoms with van der Waals surface area (Å²) in [5.41, 5.74) is -2.46. The molecule has 0 saturated carbocycles. The highest BCUT2D eigenvalue weighted by Gasteiger charge is 2.83. The number of ether oxygens (including phenoxy) is 3. The molecule has 0 spiro atoms. The Hall–Kier alpha value is -2.92. The van der Waals surface area contributed by atoms with E-state index in [-0.39, 0.29) is 13.1 Å². The SMILES string of the molecule is CCCN1CC2(C(=O)OC)C(c3ccccn3)N(C)C(c3ccccn3)C(C(=O)OC)(C1)C2(O)OC. The molecule has 0 aromatic carbocycles. The van der Waals surface area contributed by atoms with Gasteiger partial charge < -0.3 is 24.2 Å². The van der Waals surface area contributed by atoms with E-state index in [9.17, 15) is 14.7 Å². The van der Waals surface area contributed by atoms with Crippen LogP contribution in [0.1, 0.15) is 36.8 Å². The molecule has 2 aromatic heterocycles. The molecule has 194 valence electrons. The van der Waals surface area contributed by atoms with Crippen molar-refractivity contribution < 1.29 is 28.9 Å². The van der Waals surface area contributed by atoms with Crippen molar-refractivity contribution in [1.82, 2.24) is 19.8 Å². The minimum Gasteiger partial charge on any atom is -0.468 e. The summed E-state index contributed by atoms with van der Waals surface area (Å²) in [6.07, 6.45) is 4.02. The summed E-state index contributed by atoms with van der Waals surface area (Å²) in [5, 5.41) is 12.7. The largest absolute Gasteiger partial charge is 0.468 e. The highest BCUT2D eigenvalue weighted by Crippen LogP contribution is 2.67. The van der Waals surface area contributed by atoms with Gasteiger partial charge in [-0.05, 0) is 44.3 Å². The number of pyridine rings is 2. The molecule has 2 aliphatic rings. The first-order valence-electron chi connectivity index (χ1n) is 12.0. The van der Waals surface area contributed by atoms with Gasteiger partial charge in [0.15, 0.2) is 10.8 Å². The molecule has 2 aromatic rings. The number of piperidine rings is 2. The van der Waals surface area contributed by atoms with Crippen LogP contribution in [0.25, 0.3) is 0 Å². The zero-order chi connectivity index (χ0) is 26.1. The highest BCUT2D eigenvalue weighted by atomic mass is 16.6. The van der Waals surface area contributed by atoms with E-state index in [0.717, 1.165) is 6.42 Å². The molecule has 0 amide bonds. The van der Waals surface area contributed by atoms with Crippen LogP contribution in [0.2, 0.25) is 0 Å². The Morgan fingerprint density at radius 2 is 1.42 bits per heavy atom. The summed E-state index contributed by atoms with van der Waals surface area (Å²) >= 11 is 0. The van der Waals surface area contributed by atoms with Crippen molar-refractivity contribution in [3.8, 4) is 0 Å². The van der Waals surface area contributed by atoms with Crippen molar-refractivity contribution in [2.45, 2.75) is 31.2 Å². The third-order valence-electron chi connectivity index (χ3n) is 7.77. The summed E-state index contributed by atoms with van der Waals surface area (Å²) in [5.74, 6) is -3.74. The molecule has 0 radical (unpaired) electrons. The van der Waals surface area contributed by atoms with Crippen LogP contribution in [-0.4, -0.2) is 90.6 Å². The van der Waals surface area contributed by atoms with E-state index in [1.54, 1.807) is 43.7 Å². The number of nitrogens with zero attached hydrogens (tertiary/aromatic N) is 4. The van der Waals surface area contributed by atoms with E-state index < -0.39 is 40.6 Å². The molecule has 10 heteroatoms. The maximum absolute atomic E-state index is 13.9. The fourth-order valence-electron chi connectivity index (χ4n) is 6.59. The molecule has 4 heterocycles. The predicted octanol–water partition coefficient (Wildman–Crippen LogP) is 1.58. The number of aromatic nitrogens is 2. The third-order valence-corrected chi connectivity index (χ3v) is 7.77. The maximum Gasteiger partial charge on any atom is 0.320 e. The standard InChI is InChI=1S/C26H34N4O6/c1-6-15-30-16-24(22(31)34-3)20(18-11-7-9-13-27-18)29(2)21(19-12-8-10-14-28-19)25(17-30,23(32)35-4)26(24,33)36-5/h7-14,20-21,33H,6,15-17H2,1-5H3. The fourth-order valence-corrected chi connectivity index (χ4v) is 6.59. The molecule has 10 nitrogen and oxygen atoms in total. The Labute approximate surface area is 211 Å². The molecule has 4 unspecified atom stereocenters. The van der Waals surface area contributed by atoms with Crippen molar-refractivity contribution in [2.24, 2.45) is 10.8 Å². The lowest BCUT2D eigenvalue weighted by molar-refractivity contribution is -0.383. The number of carbonyl (C=O) groups is 2. The first-order chi connectivity index (χ1) is 17.3. The number of fused-ring (bicyclic) bond motifs is 2. The lowest BCUT2D eigenvalue weighted by Crippen LogP contribution is -2.83. The average molecular weight is 499 g/mol. The Balaban J connectivity index is 2.16. The van der Waals surface area contributed by atoms with E-state index >= 15 is 0 Å². The topological polar surface area (TPSA) is 114 Å². The zero-order valence-corrected chi connectivity index (χ0v) is 21.4. The van der Waals surface area contributed by atoms with Crippen LogP contribution in [0.5, 0.6) is 0 Å². The zero-order valence-electron chi connectivity index (χ0n) is 21.4. The smallest absolute Gasteiger partial charge is 0.320 e. The normalized spacial score (nSPS) is 32.6. The van der Waals surface area contributed by atoms with Gasteiger partial charge in [-0.2, -0.15) is 0 Å². The van der Waals surface area contributed by atoms with E-state index in [2.05, 4.69) is 9.97 Å². The molecule has 4 rings (SSSR count). The minimum absolute atomic E-state index is 0.0805. The molecular weight excluding hydrogens is 464 g/mol. The predicted molar refractivity (Wildman–Crippen MR) is 129 cm³/mol. The Morgan fingerprint density at radius 3 is 1.75 bits per heavy atom. The van der Waals surface area contributed by atoms with Crippen LogP contribution in [0, 0.1) is 10.8 Å². The molecule has 2 aliphatic heterocycles. The average Bonchev–Trinajstić information content (AvgIpc) is 2.90. The number of aliphatic hydroxyl groups is 1. The van der Waals surface area contributed by atoms with Crippen LogP contribution < -0.4 is 0 Å². The molecular formula is C26H34N4O6. The van der Waals surface area contributed by atoms with E-state index in [1.807, 2.05) is 28.9 Å². The van der Waals surface area contributed by atoms with Crippen LogP contribution in [0.15, 0.2) is 48.8 Å². The number of hydrogen-bond acceptors (Lipinski definition) is 10. The monoisotopic (exact) mass is 498 g/mol. The maximum atomic E-state index is 13.9. The summed E-state index contributed by atoms with van der Waals surface area (Å²) in [6.45, 7) is 2.75. The second-order valence-electron chi connectivity index (χ2n) is 9.46. The van der Waals surface area contributed by atoms with E-state index in [4.69, 9.17) is 14.2 Å². The summed E-state index contributed by atoms with van der Waals surface area (Å²) < 4.78 is 16.6. The summed E-state index contributed by atoms with van der Waals surface area (Å²) in [6, 6.07) is 9.11. The van der Waals surface area contributed by atoms with Crippen molar-refractivity contribution in [1.29, 1.82) is 0 Å². The van der Waals surface area contributed by atoms with Crippen molar-refractivity contribution in [3.63, 3.8) is 0 Å². The fraction of sp³-hybridized carbons (Fsp3) is 0.538. The van der Waals surface area contributed by atoms with Crippen LogP contribution >= 0.6 is 0 Å². The Kier molecular flexibility index (Phi) is 7.16. The molecule has 2 bridgehead atoms. The number of likely N-dealkylation sites (tertiary alicyclic amines) is 2. The van der Waals surface area contributed by atoms with Gasteiger partial charge in [-0.1, -0.05) is 19.1 Å². The van der Waals surface area contributed by atoms with Gasteiger partial charge in [-0.25, -0.2) is 0 Å². The molecule has 2 saturated heterocycles. The number of rotatable bonds is 7. The first-order valence-corrected chi connectivity index (χ1v) is 12.0. The van der Waals surface area contributed by atoms with Gasteiger partial charge in [0.2, 0.25) is 5.79 Å². The van der Waals surface area contributed by atoms with Crippen molar-refractivity contribution in [3.05, 3.63) is 60.2 Å². The molecule has 0 aliphatic carbocycles. The second-order valence-corrected chi connectivity index (χ2v) is 9.46. The number of esters is 2. The molecule has 2 fully saturated rings. The van der Waals surface area contributed by atoms with E-state index in [0.29, 0.717) is 17.9 Å². The molecule has 1 N–H and O–H groups in total. The van der Waals surface area contributed by atoms with Gasteiger partial charge in [-0.15, -0.1) is 0 Å². The number of carbonyl (C=O) groups excluding carboxylic acids is 2. The Bertz CT molecular complexity index is 1010. The number of methoxy groups -OCH3 is 3. The quantitative estimate of drug-likeness (QED) is 0.446. The van der Waals surface area contributed by atoms with Gasteiger partial charge in [0.1, 0.15) is 0 Å². The lowest BCUT2D eigenvalue weighted by atomic mass is 9.51.